The van der Waals surface area contributed by atoms with Crippen molar-refractivity contribution in [2.75, 3.05) is 14.1 Å². The molecule has 5 nitrogen and oxygen atoms in total. The van der Waals surface area contributed by atoms with E-state index in [1.54, 1.807) is 32.3 Å². The molecular formula is C23H21BrN2O3. The Morgan fingerprint density at radius 1 is 0.966 bits per heavy atom. The molecule has 1 heterocycles. The molecule has 0 radical (unpaired) electrons. The average molecular weight is 453 g/mol. The minimum Gasteiger partial charge on any atom is -0.457 e. The Morgan fingerprint density at radius 2 is 1.62 bits per heavy atom. The van der Waals surface area contributed by atoms with Gasteiger partial charge in [0.25, 0.3) is 11.8 Å². The fraction of sp³-hybridized carbons (Fsp3) is 0.130. The van der Waals surface area contributed by atoms with Crippen LogP contribution in [0.15, 0.2) is 75.3 Å². The highest BCUT2D eigenvalue weighted by atomic mass is 79.9. The number of likely N-dealkylation sites (N-methyl/N-ethyl adjacent to an activating group) is 1. The number of rotatable bonds is 5. The highest BCUT2D eigenvalue weighted by molar-refractivity contribution is 9.10. The van der Waals surface area contributed by atoms with Crippen molar-refractivity contribution in [3.8, 4) is 11.3 Å². The second-order valence-electron chi connectivity index (χ2n) is 6.79. The van der Waals surface area contributed by atoms with Gasteiger partial charge in [0.1, 0.15) is 17.2 Å². The van der Waals surface area contributed by atoms with Crippen LogP contribution in [0.4, 0.5) is 0 Å². The van der Waals surface area contributed by atoms with Gasteiger partial charge in [-0.15, -0.1) is 0 Å². The van der Waals surface area contributed by atoms with E-state index in [0.717, 1.165) is 15.6 Å². The third-order valence-electron chi connectivity index (χ3n) is 4.24. The van der Waals surface area contributed by atoms with Gasteiger partial charge < -0.3 is 14.6 Å². The maximum absolute atomic E-state index is 12.6. The largest absolute Gasteiger partial charge is 0.457 e. The van der Waals surface area contributed by atoms with Gasteiger partial charge in [0.15, 0.2) is 0 Å². The minimum atomic E-state index is -0.355. The lowest BCUT2D eigenvalue weighted by molar-refractivity contribution is -0.124. The summed E-state index contributed by atoms with van der Waals surface area (Å²) in [5.41, 5.74) is 2.58. The van der Waals surface area contributed by atoms with E-state index in [2.05, 4.69) is 21.2 Å². The number of amides is 2. The minimum absolute atomic E-state index is 0.136. The molecule has 0 aliphatic heterocycles. The zero-order valence-electron chi connectivity index (χ0n) is 16.4. The molecule has 0 unspecified atom stereocenters. The molecule has 0 atom stereocenters. The van der Waals surface area contributed by atoms with Gasteiger partial charge in [-0.3, -0.25) is 9.59 Å². The van der Waals surface area contributed by atoms with E-state index in [1.165, 1.54) is 11.0 Å². The summed E-state index contributed by atoms with van der Waals surface area (Å²) in [6.07, 6.45) is 1.54. The third kappa shape index (κ3) is 5.23. The molecule has 0 aliphatic rings. The van der Waals surface area contributed by atoms with Gasteiger partial charge in [-0.25, -0.2) is 0 Å². The first-order chi connectivity index (χ1) is 13.8. The lowest BCUT2D eigenvalue weighted by Crippen LogP contribution is -2.34. The molecule has 0 spiro atoms. The highest BCUT2D eigenvalue weighted by Gasteiger charge is 2.17. The first-order valence-corrected chi connectivity index (χ1v) is 9.80. The number of nitrogens with zero attached hydrogens (tertiary/aromatic N) is 1. The van der Waals surface area contributed by atoms with E-state index < -0.39 is 0 Å². The highest BCUT2D eigenvalue weighted by Crippen LogP contribution is 2.25. The van der Waals surface area contributed by atoms with E-state index in [-0.39, 0.29) is 17.5 Å². The molecule has 0 aliphatic carbocycles. The van der Waals surface area contributed by atoms with Crippen LogP contribution in [0.3, 0.4) is 0 Å². The second-order valence-corrected chi connectivity index (χ2v) is 7.70. The predicted octanol–water partition coefficient (Wildman–Crippen LogP) is 4.88. The van der Waals surface area contributed by atoms with Crippen molar-refractivity contribution in [1.82, 2.24) is 10.2 Å². The monoisotopic (exact) mass is 452 g/mol. The number of hydrogen-bond donors (Lipinski definition) is 1. The molecule has 29 heavy (non-hydrogen) atoms. The van der Waals surface area contributed by atoms with Crippen molar-refractivity contribution in [2.45, 2.75) is 6.92 Å². The molecule has 0 saturated heterocycles. The Labute approximate surface area is 178 Å². The maximum atomic E-state index is 12.6. The van der Waals surface area contributed by atoms with Crippen LogP contribution in [0, 0.1) is 6.92 Å². The summed E-state index contributed by atoms with van der Waals surface area (Å²) in [5, 5.41) is 2.70. The lowest BCUT2D eigenvalue weighted by Gasteiger charge is -2.14. The molecule has 0 fully saturated rings. The van der Waals surface area contributed by atoms with Crippen molar-refractivity contribution < 1.29 is 14.0 Å². The van der Waals surface area contributed by atoms with Crippen molar-refractivity contribution in [3.05, 3.63) is 87.7 Å². The summed E-state index contributed by atoms with van der Waals surface area (Å²) < 4.78 is 6.84. The van der Waals surface area contributed by atoms with Gasteiger partial charge in [0.2, 0.25) is 0 Å². The number of carbonyl (C=O) groups is 2. The maximum Gasteiger partial charge on any atom is 0.269 e. The first-order valence-electron chi connectivity index (χ1n) is 9.00. The van der Waals surface area contributed by atoms with Crippen LogP contribution in [0.2, 0.25) is 0 Å². The zero-order chi connectivity index (χ0) is 21.0. The number of furan rings is 1. The topological polar surface area (TPSA) is 62.6 Å². The van der Waals surface area contributed by atoms with E-state index in [9.17, 15) is 9.59 Å². The summed E-state index contributed by atoms with van der Waals surface area (Å²) in [7, 11) is 3.26. The molecule has 3 aromatic rings. The number of halogens is 1. The molecule has 2 aromatic carbocycles. The van der Waals surface area contributed by atoms with Crippen molar-refractivity contribution >= 4 is 33.8 Å². The predicted molar refractivity (Wildman–Crippen MR) is 117 cm³/mol. The summed E-state index contributed by atoms with van der Waals surface area (Å²) in [6.45, 7) is 1.95. The standard InChI is InChI=1S/C23H21BrN2O3/c1-15-4-6-17(7-5-15)22(27)25-20(23(28)26(2)3)14-19-12-13-21(29-19)16-8-10-18(24)11-9-16/h4-14H,1-3H3,(H,25,27). The van der Waals surface area contributed by atoms with Crippen LogP contribution in [0.5, 0.6) is 0 Å². The SMILES string of the molecule is Cc1ccc(C(=O)NC(=Cc2ccc(-c3ccc(Br)cc3)o2)C(=O)N(C)C)cc1. The average Bonchev–Trinajstić information content (AvgIpc) is 3.16. The van der Waals surface area contributed by atoms with Gasteiger partial charge in [0.05, 0.1) is 0 Å². The van der Waals surface area contributed by atoms with Gasteiger partial charge in [0, 0.05) is 35.8 Å². The Bertz CT molecular complexity index is 1050. The van der Waals surface area contributed by atoms with Crippen molar-refractivity contribution in [3.63, 3.8) is 0 Å². The Kier molecular flexibility index (Phi) is 6.34. The molecule has 0 saturated carbocycles. The fourth-order valence-electron chi connectivity index (χ4n) is 2.63. The molecule has 148 valence electrons. The van der Waals surface area contributed by atoms with Gasteiger partial charge >= 0.3 is 0 Å². The summed E-state index contributed by atoms with van der Waals surface area (Å²) in [6, 6.07) is 18.5. The summed E-state index contributed by atoms with van der Waals surface area (Å²) in [4.78, 5) is 26.6. The van der Waals surface area contributed by atoms with E-state index in [0.29, 0.717) is 17.1 Å². The molecule has 3 rings (SSSR count). The third-order valence-corrected chi connectivity index (χ3v) is 4.77. The molecule has 1 N–H and O–H groups in total. The van der Waals surface area contributed by atoms with Gasteiger partial charge in [-0.1, -0.05) is 45.8 Å². The lowest BCUT2D eigenvalue weighted by atomic mass is 10.1. The molecule has 2 amide bonds. The fourth-order valence-corrected chi connectivity index (χ4v) is 2.90. The van der Waals surface area contributed by atoms with Crippen LogP contribution in [-0.2, 0) is 4.79 Å². The van der Waals surface area contributed by atoms with Crippen LogP contribution in [0.25, 0.3) is 17.4 Å². The van der Waals surface area contributed by atoms with E-state index in [4.69, 9.17) is 4.42 Å². The second kappa shape index (κ2) is 8.92. The molecular weight excluding hydrogens is 432 g/mol. The molecule has 1 aromatic heterocycles. The van der Waals surface area contributed by atoms with E-state index >= 15 is 0 Å². The Morgan fingerprint density at radius 3 is 2.24 bits per heavy atom. The van der Waals surface area contributed by atoms with E-state index in [1.807, 2.05) is 49.4 Å². The first kappa shape index (κ1) is 20.6. The number of benzene rings is 2. The quantitative estimate of drug-likeness (QED) is 0.561. The number of hydrogen-bond acceptors (Lipinski definition) is 3. The van der Waals surface area contributed by atoms with Crippen LogP contribution < -0.4 is 5.32 Å². The summed E-state index contributed by atoms with van der Waals surface area (Å²) >= 11 is 3.41. The number of nitrogens with one attached hydrogen (secondary N) is 1. The van der Waals surface area contributed by atoms with Crippen molar-refractivity contribution in [1.29, 1.82) is 0 Å². The smallest absolute Gasteiger partial charge is 0.269 e. The van der Waals surface area contributed by atoms with Crippen LogP contribution >= 0.6 is 15.9 Å². The Balaban J connectivity index is 1.87. The molecule has 0 bridgehead atoms. The van der Waals surface area contributed by atoms with Crippen LogP contribution in [0.1, 0.15) is 21.7 Å². The summed E-state index contributed by atoms with van der Waals surface area (Å²) in [5.74, 6) is 0.459. The molecule has 6 heteroatoms. The zero-order valence-corrected chi connectivity index (χ0v) is 18.0. The van der Waals surface area contributed by atoms with Gasteiger partial charge in [-0.2, -0.15) is 0 Å². The number of carbonyl (C=O) groups excluding carboxylic acids is 2. The number of aryl methyl sites for hydroxylation is 1. The Hall–Kier alpha value is -3.12. The normalized spacial score (nSPS) is 11.2. The van der Waals surface area contributed by atoms with Crippen molar-refractivity contribution in [2.24, 2.45) is 0 Å². The van der Waals surface area contributed by atoms with Gasteiger partial charge in [-0.05, 0) is 43.3 Å². The van der Waals surface area contributed by atoms with Crippen LogP contribution in [-0.4, -0.2) is 30.8 Å².